The van der Waals surface area contributed by atoms with E-state index < -0.39 is 0 Å². The van der Waals surface area contributed by atoms with Crippen LogP contribution in [-0.2, 0) is 6.54 Å². The van der Waals surface area contributed by atoms with Crippen molar-refractivity contribution in [2.75, 3.05) is 13.1 Å². The van der Waals surface area contributed by atoms with Gasteiger partial charge in [-0.05, 0) is 25.3 Å². The Bertz CT molecular complexity index is 729. The molecule has 1 amide bonds. The first-order chi connectivity index (χ1) is 11.7. The number of aromatic amines is 1. The first-order valence-electron chi connectivity index (χ1n) is 8.68. The van der Waals surface area contributed by atoms with Crippen LogP contribution in [0, 0.1) is 0 Å². The highest BCUT2D eigenvalue weighted by atomic mass is 16.2. The minimum absolute atomic E-state index is 0.0254. The molecule has 0 aromatic carbocycles. The maximum absolute atomic E-state index is 12.7. The standard InChI is InChI=1S/C18H24N4O2/c1-2-3-9-21-11-8-19-17(21)15-5-4-10-22(13-15)18(24)14-6-7-16(23)20-12-14/h6-8,11-12,15H,2-5,9-10,13H2,1H3,(H,20,23). The number of likely N-dealkylation sites (tertiary alicyclic amines) is 1. The van der Waals surface area contributed by atoms with Crippen LogP contribution in [0.15, 0.2) is 35.5 Å². The van der Waals surface area contributed by atoms with E-state index in [9.17, 15) is 9.59 Å². The summed E-state index contributed by atoms with van der Waals surface area (Å²) >= 11 is 0. The molecule has 0 saturated carbocycles. The number of unbranched alkanes of at least 4 members (excludes halogenated alkanes) is 1. The maximum atomic E-state index is 12.7. The number of rotatable bonds is 5. The van der Waals surface area contributed by atoms with Crippen LogP contribution in [0.1, 0.15) is 54.7 Å². The predicted octanol–water partition coefficient (Wildman–Crippen LogP) is 2.39. The van der Waals surface area contributed by atoms with Crippen molar-refractivity contribution in [2.45, 2.75) is 45.1 Å². The molecule has 3 rings (SSSR count). The van der Waals surface area contributed by atoms with Gasteiger partial charge < -0.3 is 14.5 Å². The average molecular weight is 328 g/mol. The van der Waals surface area contributed by atoms with Crippen molar-refractivity contribution in [3.8, 4) is 0 Å². The molecule has 1 fully saturated rings. The summed E-state index contributed by atoms with van der Waals surface area (Å²) in [6.07, 6.45) is 9.70. The third-order valence-corrected chi connectivity index (χ3v) is 4.61. The van der Waals surface area contributed by atoms with Gasteiger partial charge in [-0.3, -0.25) is 9.59 Å². The highest BCUT2D eigenvalue weighted by molar-refractivity contribution is 5.93. The van der Waals surface area contributed by atoms with Gasteiger partial charge in [-0.1, -0.05) is 13.3 Å². The smallest absolute Gasteiger partial charge is 0.255 e. The predicted molar refractivity (Wildman–Crippen MR) is 92.1 cm³/mol. The summed E-state index contributed by atoms with van der Waals surface area (Å²) in [4.78, 5) is 32.8. The number of imidazole rings is 1. The molecule has 1 aliphatic rings. The molecular formula is C18H24N4O2. The molecule has 24 heavy (non-hydrogen) atoms. The zero-order chi connectivity index (χ0) is 16.9. The lowest BCUT2D eigenvalue weighted by molar-refractivity contribution is 0.0703. The number of carbonyl (C=O) groups is 1. The molecule has 0 spiro atoms. The number of hydrogen-bond donors (Lipinski definition) is 1. The molecule has 1 unspecified atom stereocenters. The molecule has 1 aliphatic heterocycles. The van der Waals surface area contributed by atoms with E-state index in [1.165, 1.54) is 12.3 Å². The minimum atomic E-state index is -0.193. The molecule has 1 N–H and O–H groups in total. The zero-order valence-corrected chi connectivity index (χ0v) is 14.1. The summed E-state index contributed by atoms with van der Waals surface area (Å²) < 4.78 is 2.22. The van der Waals surface area contributed by atoms with Crippen molar-refractivity contribution >= 4 is 5.91 Å². The fourth-order valence-electron chi connectivity index (χ4n) is 3.30. The molecule has 6 nitrogen and oxygen atoms in total. The number of aromatic nitrogens is 3. The van der Waals surface area contributed by atoms with Crippen LogP contribution >= 0.6 is 0 Å². The van der Waals surface area contributed by atoms with Gasteiger partial charge in [0, 0.05) is 50.2 Å². The first-order valence-corrected chi connectivity index (χ1v) is 8.68. The van der Waals surface area contributed by atoms with Crippen LogP contribution in [0.25, 0.3) is 0 Å². The van der Waals surface area contributed by atoms with E-state index in [1.54, 1.807) is 6.07 Å². The number of aryl methyl sites for hydroxylation is 1. The third-order valence-electron chi connectivity index (χ3n) is 4.61. The van der Waals surface area contributed by atoms with E-state index in [2.05, 4.69) is 21.5 Å². The molecule has 1 atom stereocenters. The number of hydrogen-bond acceptors (Lipinski definition) is 3. The number of piperidine rings is 1. The van der Waals surface area contributed by atoms with Gasteiger partial charge in [-0.2, -0.15) is 0 Å². The highest BCUT2D eigenvalue weighted by Gasteiger charge is 2.28. The largest absolute Gasteiger partial charge is 0.338 e. The molecule has 0 bridgehead atoms. The number of nitrogens with one attached hydrogen (secondary N) is 1. The van der Waals surface area contributed by atoms with Gasteiger partial charge in [0.15, 0.2) is 0 Å². The van der Waals surface area contributed by atoms with Crippen LogP contribution in [0.4, 0.5) is 0 Å². The van der Waals surface area contributed by atoms with Gasteiger partial charge in [0.25, 0.3) is 5.91 Å². The van der Waals surface area contributed by atoms with Gasteiger partial charge >= 0.3 is 0 Å². The van der Waals surface area contributed by atoms with E-state index in [4.69, 9.17) is 0 Å². The topological polar surface area (TPSA) is 71.0 Å². The van der Waals surface area contributed by atoms with Gasteiger partial charge in [0.05, 0.1) is 5.56 Å². The van der Waals surface area contributed by atoms with Gasteiger partial charge in [-0.15, -0.1) is 0 Å². The first kappa shape index (κ1) is 16.5. The molecule has 0 aliphatic carbocycles. The molecule has 6 heteroatoms. The van der Waals surface area contributed by atoms with E-state index in [0.717, 1.165) is 44.6 Å². The lowest BCUT2D eigenvalue weighted by atomic mass is 9.96. The highest BCUT2D eigenvalue weighted by Crippen LogP contribution is 2.27. The van der Waals surface area contributed by atoms with Gasteiger partial charge in [0.1, 0.15) is 5.82 Å². The normalized spacial score (nSPS) is 17.9. The lowest BCUT2D eigenvalue weighted by Crippen LogP contribution is -2.40. The molecular weight excluding hydrogens is 304 g/mol. The maximum Gasteiger partial charge on any atom is 0.255 e. The van der Waals surface area contributed by atoms with Crippen molar-refractivity contribution in [3.05, 3.63) is 52.5 Å². The fourth-order valence-corrected chi connectivity index (χ4v) is 3.30. The van der Waals surface area contributed by atoms with Crippen molar-refractivity contribution in [1.29, 1.82) is 0 Å². The Kier molecular flexibility index (Phi) is 5.13. The number of H-pyrrole nitrogens is 1. The molecule has 1 saturated heterocycles. The van der Waals surface area contributed by atoms with Gasteiger partial charge in [-0.25, -0.2) is 4.98 Å². The number of nitrogens with zero attached hydrogens (tertiary/aromatic N) is 3. The Hall–Kier alpha value is -2.37. The minimum Gasteiger partial charge on any atom is -0.338 e. The second-order valence-electron chi connectivity index (χ2n) is 6.36. The van der Waals surface area contributed by atoms with Crippen molar-refractivity contribution < 1.29 is 4.79 Å². The summed E-state index contributed by atoms with van der Waals surface area (Å²) in [6.45, 7) is 4.60. The second kappa shape index (κ2) is 7.47. The van der Waals surface area contributed by atoms with E-state index in [-0.39, 0.29) is 17.4 Å². The summed E-state index contributed by atoms with van der Waals surface area (Å²) in [5.74, 6) is 1.34. The lowest BCUT2D eigenvalue weighted by Gasteiger charge is -2.32. The van der Waals surface area contributed by atoms with Gasteiger partial charge in [0.2, 0.25) is 5.56 Å². The fraction of sp³-hybridized carbons (Fsp3) is 0.500. The van der Waals surface area contributed by atoms with E-state index in [1.807, 2.05) is 17.3 Å². The molecule has 3 heterocycles. The Morgan fingerprint density at radius 1 is 1.42 bits per heavy atom. The van der Waals surface area contributed by atoms with Crippen molar-refractivity contribution in [1.82, 2.24) is 19.4 Å². The van der Waals surface area contributed by atoms with Crippen LogP contribution in [-0.4, -0.2) is 38.4 Å². The SMILES string of the molecule is CCCCn1ccnc1C1CCCN(C(=O)c2ccc(=O)[nH]c2)C1. The summed E-state index contributed by atoms with van der Waals surface area (Å²) in [6, 6.07) is 2.99. The van der Waals surface area contributed by atoms with E-state index >= 15 is 0 Å². The Morgan fingerprint density at radius 2 is 2.29 bits per heavy atom. The van der Waals surface area contributed by atoms with Crippen LogP contribution in [0.2, 0.25) is 0 Å². The summed E-state index contributed by atoms with van der Waals surface area (Å²) in [5.41, 5.74) is 0.339. The quantitative estimate of drug-likeness (QED) is 0.916. The Morgan fingerprint density at radius 3 is 3.04 bits per heavy atom. The summed E-state index contributed by atoms with van der Waals surface area (Å²) in [7, 11) is 0. The number of carbonyl (C=O) groups excluding carboxylic acids is 1. The monoisotopic (exact) mass is 328 g/mol. The third kappa shape index (κ3) is 3.58. The molecule has 2 aromatic heterocycles. The molecule has 128 valence electrons. The van der Waals surface area contributed by atoms with Crippen LogP contribution < -0.4 is 5.56 Å². The average Bonchev–Trinajstić information content (AvgIpc) is 3.08. The number of pyridine rings is 1. The van der Waals surface area contributed by atoms with Crippen molar-refractivity contribution in [3.63, 3.8) is 0 Å². The number of amides is 1. The Balaban J connectivity index is 1.72. The van der Waals surface area contributed by atoms with Crippen molar-refractivity contribution in [2.24, 2.45) is 0 Å². The Labute approximate surface area is 141 Å². The molecule has 2 aromatic rings. The second-order valence-corrected chi connectivity index (χ2v) is 6.36. The van der Waals surface area contributed by atoms with Crippen LogP contribution in [0.3, 0.4) is 0 Å². The molecule has 0 radical (unpaired) electrons. The zero-order valence-electron chi connectivity index (χ0n) is 14.1. The summed E-state index contributed by atoms with van der Waals surface area (Å²) in [5, 5.41) is 0. The van der Waals surface area contributed by atoms with Crippen LogP contribution in [0.5, 0.6) is 0 Å². The van der Waals surface area contributed by atoms with E-state index in [0.29, 0.717) is 12.1 Å².